The summed E-state index contributed by atoms with van der Waals surface area (Å²) in [4.78, 5) is 28.8. The smallest absolute Gasteiger partial charge is 0.347 e. The van der Waals surface area contributed by atoms with Crippen LogP contribution in [-0.4, -0.2) is 30.8 Å². The minimum Gasteiger partial charge on any atom is -0.478 e. The molecule has 198 valence electrons. The minimum atomic E-state index is -1.29. The van der Waals surface area contributed by atoms with E-state index < -0.39 is 11.6 Å². The first-order valence-electron chi connectivity index (χ1n) is 12.9. The molecule has 7 heteroatoms. The van der Waals surface area contributed by atoms with E-state index in [0.717, 1.165) is 41.6 Å². The molecule has 0 aliphatic rings. The third-order valence-corrected chi connectivity index (χ3v) is 6.85. The van der Waals surface area contributed by atoms with Crippen molar-refractivity contribution in [1.82, 2.24) is 14.1 Å². The van der Waals surface area contributed by atoms with Gasteiger partial charge in [0.15, 0.2) is 5.60 Å². The maximum absolute atomic E-state index is 13.4. The summed E-state index contributed by atoms with van der Waals surface area (Å²) in [6.07, 6.45) is 7.93. The average Bonchev–Trinajstić information content (AvgIpc) is 3.16. The number of nitrogens with zero attached hydrogens (tertiary/aromatic N) is 3. The van der Waals surface area contributed by atoms with Gasteiger partial charge in [0.2, 0.25) is 0 Å². The lowest BCUT2D eigenvalue weighted by molar-refractivity contribution is -0.152. The number of aliphatic carboxylic acids is 1. The number of ether oxygens (including phenoxy) is 1. The van der Waals surface area contributed by atoms with Crippen molar-refractivity contribution in [3.63, 3.8) is 0 Å². The van der Waals surface area contributed by atoms with Gasteiger partial charge in [0.1, 0.15) is 5.75 Å². The summed E-state index contributed by atoms with van der Waals surface area (Å²) in [6.45, 7) is 8.27. The molecule has 2 heterocycles. The summed E-state index contributed by atoms with van der Waals surface area (Å²) in [5.41, 5.74) is 5.42. The zero-order chi connectivity index (χ0) is 27.3. The van der Waals surface area contributed by atoms with Gasteiger partial charge in [-0.3, -0.25) is 14.1 Å². The molecule has 2 aromatic heterocycles. The van der Waals surface area contributed by atoms with Crippen molar-refractivity contribution < 1.29 is 14.6 Å². The molecule has 1 N–H and O–H groups in total. The van der Waals surface area contributed by atoms with Crippen molar-refractivity contribution >= 4 is 5.97 Å². The number of pyridine rings is 1. The Balaban J connectivity index is 1.48. The SMILES string of the molecule is Cc1ccc(Cn2cc(CCCc3ccc(OC(C)(C)C(=O)O)cc3)n(Cc3ccncc3)c2=O)cc1C. The molecule has 0 amide bonds. The van der Waals surface area contributed by atoms with Gasteiger partial charge in [-0.25, -0.2) is 9.59 Å². The Labute approximate surface area is 223 Å². The Hall–Kier alpha value is -4.13. The highest BCUT2D eigenvalue weighted by Crippen LogP contribution is 2.20. The van der Waals surface area contributed by atoms with E-state index in [0.29, 0.717) is 18.8 Å². The van der Waals surface area contributed by atoms with Crippen LogP contribution in [0.1, 0.15) is 53.8 Å². The molecule has 0 aliphatic heterocycles. The van der Waals surface area contributed by atoms with Gasteiger partial charge in [-0.2, -0.15) is 0 Å². The zero-order valence-electron chi connectivity index (χ0n) is 22.5. The fourth-order valence-corrected chi connectivity index (χ4v) is 4.37. The first-order valence-corrected chi connectivity index (χ1v) is 12.9. The highest BCUT2D eigenvalue weighted by Gasteiger charge is 2.29. The van der Waals surface area contributed by atoms with Crippen LogP contribution < -0.4 is 10.4 Å². The molecule has 0 atom stereocenters. The third-order valence-electron chi connectivity index (χ3n) is 6.85. The van der Waals surface area contributed by atoms with Crippen molar-refractivity contribution in [2.75, 3.05) is 0 Å². The lowest BCUT2D eigenvalue weighted by atomic mass is 10.1. The number of aryl methyl sites for hydroxylation is 4. The van der Waals surface area contributed by atoms with E-state index in [1.165, 1.54) is 25.0 Å². The number of hydrogen-bond acceptors (Lipinski definition) is 4. The number of carbonyl (C=O) groups is 1. The average molecular weight is 514 g/mol. The lowest BCUT2D eigenvalue weighted by Crippen LogP contribution is -2.37. The van der Waals surface area contributed by atoms with Crippen LogP contribution in [-0.2, 0) is 30.7 Å². The summed E-state index contributed by atoms with van der Waals surface area (Å²) in [7, 11) is 0. The molecule has 38 heavy (non-hydrogen) atoms. The normalized spacial score (nSPS) is 11.5. The first-order chi connectivity index (χ1) is 18.1. The summed E-state index contributed by atoms with van der Waals surface area (Å²) in [5, 5.41) is 9.27. The second-order valence-electron chi connectivity index (χ2n) is 10.3. The van der Waals surface area contributed by atoms with E-state index in [9.17, 15) is 14.7 Å². The lowest BCUT2D eigenvalue weighted by Gasteiger charge is -2.21. The van der Waals surface area contributed by atoms with Crippen LogP contribution in [0.4, 0.5) is 0 Å². The molecule has 0 saturated carbocycles. The van der Waals surface area contributed by atoms with Gasteiger partial charge in [0.25, 0.3) is 0 Å². The largest absolute Gasteiger partial charge is 0.478 e. The molecule has 4 aromatic rings. The molecule has 7 nitrogen and oxygen atoms in total. The van der Waals surface area contributed by atoms with Crippen molar-refractivity contribution in [1.29, 1.82) is 0 Å². The summed E-state index contributed by atoms with van der Waals surface area (Å²) >= 11 is 0. The van der Waals surface area contributed by atoms with Gasteiger partial charge in [-0.1, -0.05) is 30.3 Å². The number of benzene rings is 2. The van der Waals surface area contributed by atoms with E-state index in [1.54, 1.807) is 29.1 Å². The van der Waals surface area contributed by atoms with Gasteiger partial charge in [0.05, 0.1) is 13.1 Å². The van der Waals surface area contributed by atoms with Crippen LogP contribution in [0.2, 0.25) is 0 Å². The quantitative estimate of drug-likeness (QED) is 0.299. The maximum Gasteiger partial charge on any atom is 0.347 e. The molecular weight excluding hydrogens is 478 g/mol. The predicted molar refractivity (Wildman–Crippen MR) is 148 cm³/mol. The number of carboxylic acids is 1. The van der Waals surface area contributed by atoms with E-state index in [-0.39, 0.29) is 5.69 Å². The Morgan fingerprint density at radius 3 is 2.24 bits per heavy atom. The van der Waals surface area contributed by atoms with E-state index in [1.807, 2.05) is 35.0 Å². The van der Waals surface area contributed by atoms with Crippen LogP contribution in [0.25, 0.3) is 0 Å². The Kier molecular flexibility index (Phi) is 8.15. The van der Waals surface area contributed by atoms with Gasteiger partial charge in [-0.15, -0.1) is 0 Å². The molecule has 0 spiro atoms. The Morgan fingerprint density at radius 2 is 1.58 bits per heavy atom. The molecular formula is C31H35N3O4. The van der Waals surface area contributed by atoms with Crippen molar-refractivity contribution in [2.45, 2.75) is 65.6 Å². The number of carboxylic acid groups (broad SMARTS) is 1. The Morgan fingerprint density at radius 1 is 0.895 bits per heavy atom. The number of hydrogen-bond donors (Lipinski definition) is 1. The Bertz CT molecular complexity index is 1450. The van der Waals surface area contributed by atoms with E-state index in [2.05, 4.69) is 37.0 Å². The van der Waals surface area contributed by atoms with Crippen molar-refractivity contribution in [3.8, 4) is 5.75 Å². The third kappa shape index (κ3) is 6.59. The van der Waals surface area contributed by atoms with Crippen LogP contribution in [0.5, 0.6) is 5.75 Å². The molecule has 0 bridgehead atoms. The fourth-order valence-electron chi connectivity index (χ4n) is 4.37. The molecule has 0 saturated heterocycles. The monoisotopic (exact) mass is 513 g/mol. The standard InChI is InChI=1S/C31H35N3O4/c1-22-8-9-26(18-23(22)2)19-33-21-27(34(30(33)37)20-25-14-16-32-17-15-25)7-5-6-24-10-12-28(13-11-24)38-31(3,4)29(35)36/h8-18,21H,5-7,19-20H2,1-4H3,(H,35,36). The number of aromatic nitrogens is 3. The molecule has 4 rings (SSSR count). The highest BCUT2D eigenvalue weighted by atomic mass is 16.5. The number of rotatable bonds is 11. The van der Waals surface area contributed by atoms with Gasteiger partial charge in [0, 0.05) is 24.3 Å². The van der Waals surface area contributed by atoms with Gasteiger partial charge < -0.3 is 9.84 Å². The molecule has 0 unspecified atom stereocenters. The van der Waals surface area contributed by atoms with E-state index >= 15 is 0 Å². The van der Waals surface area contributed by atoms with Crippen LogP contribution in [0.15, 0.2) is 78.0 Å². The maximum atomic E-state index is 13.4. The summed E-state index contributed by atoms with van der Waals surface area (Å²) in [5.74, 6) is -0.486. The molecule has 0 fully saturated rings. The zero-order valence-corrected chi connectivity index (χ0v) is 22.5. The van der Waals surface area contributed by atoms with Crippen molar-refractivity contribution in [3.05, 3.63) is 117 Å². The van der Waals surface area contributed by atoms with Crippen LogP contribution in [0.3, 0.4) is 0 Å². The van der Waals surface area contributed by atoms with Crippen LogP contribution >= 0.6 is 0 Å². The second kappa shape index (κ2) is 11.5. The highest BCUT2D eigenvalue weighted by molar-refractivity contribution is 5.76. The van der Waals surface area contributed by atoms with Gasteiger partial charge >= 0.3 is 11.7 Å². The fraction of sp³-hybridized carbons (Fsp3) is 0.323. The molecule has 0 radical (unpaired) electrons. The van der Waals surface area contributed by atoms with E-state index in [4.69, 9.17) is 4.74 Å². The topological polar surface area (TPSA) is 86.3 Å². The second-order valence-corrected chi connectivity index (χ2v) is 10.3. The minimum absolute atomic E-state index is 0.0161. The van der Waals surface area contributed by atoms with Crippen molar-refractivity contribution in [2.24, 2.45) is 0 Å². The predicted octanol–water partition coefficient (Wildman–Crippen LogP) is 5.18. The van der Waals surface area contributed by atoms with Gasteiger partial charge in [-0.05, 0) is 99.0 Å². The summed E-state index contributed by atoms with van der Waals surface area (Å²) < 4.78 is 9.26. The molecule has 0 aliphatic carbocycles. The van der Waals surface area contributed by atoms with Crippen LogP contribution in [0, 0.1) is 13.8 Å². The summed E-state index contributed by atoms with van der Waals surface area (Å²) in [6, 6.07) is 17.7. The first kappa shape index (κ1) is 26.9. The molecule has 2 aromatic carbocycles. The number of imidazole rings is 1.